The van der Waals surface area contributed by atoms with Gasteiger partial charge in [0.1, 0.15) is 10.9 Å². The number of nitrogens with one attached hydrogen (secondary N) is 1. The lowest BCUT2D eigenvalue weighted by Gasteiger charge is -2.02. The quantitative estimate of drug-likeness (QED) is 0.454. The van der Waals surface area contributed by atoms with Crippen LogP contribution in [0.1, 0.15) is 21.9 Å². The van der Waals surface area contributed by atoms with Gasteiger partial charge >= 0.3 is 0 Å². The maximum absolute atomic E-state index is 12.4. The molecule has 0 spiro atoms. The van der Waals surface area contributed by atoms with Crippen LogP contribution in [0.4, 0.5) is 0 Å². The average molecular weight is 297 g/mol. The van der Waals surface area contributed by atoms with Crippen molar-refractivity contribution in [1.82, 2.24) is 15.0 Å². The minimum atomic E-state index is 0.103. The van der Waals surface area contributed by atoms with Crippen molar-refractivity contribution in [1.29, 1.82) is 0 Å². The van der Waals surface area contributed by atoms with Crippen LogP contribution in [-0.4, -0.2) is 26.5 Å². The molecule has 3 rings (SSSR count). The molecule has 0 bridgehead atoms. The smallest absolute Gasteiger partial charge is 0.175 e. The van der Waals surface area contributed by atoms with Crippen LogP contribution in [0.2, 0.25) is 0 Å². The molecule has 0 amide bonds. The van der Waals surface area contributed by atoms with Crippen LogP contribution in [-0.2, 0) is 0 Å². The van der Waals surface area contributed by atoms with Gasteiger partial charge in [0.2, 0.25) is 0 Å². The Balaban J connectivity index is 1.77. The van der Waals surface area contributed by atoms with Crippen LogP contribution in [0.3, 0.4) is 0 Å². The number of aromatic amines is 1. The number of carbonyl (C=O) groups is 1. The number of hydrogen-bond acceptors (Lipinski definition) is 4. The van der Waals surface area contributed by atoms with Crippen molar-refractivity contribution < 1.29 is 4.79 Å². The highest BCUT2D eigenvalue weighted by atomic mass is 32.2. The van der Waals surface area contributed by atoms with Crippen LogP contribution < -0.4 is 0 Å². The summed E-state index contributed by atoms with van der Waals surface area (Å²) in [6.07, 6.45) is 1.78. The Hall–Kier alpha value is -2.14. The summed E-state index contributed by atoms with van der Waals surface area (Å²) >= 11 is 1.45. The van der Waals surface area contributed by atoms with E-state index in [4.69, 9.17) is 0 Å². The number of para-hydroxylation sites is 1. The number of rotatable bonds is 4. The number of H-pyrrole nitrogens is 1. The summed E-state index contributed by atoms with van der Waals surface area (Å²) in [4.78, 5) is 24.1. The van der Waals surface area contributed by atoms with E-state index >= 15 is 0 Å². The number of nitrogens with zero attached hydrogens (tertiary/aromatic N) is 2. The van der Waals surface area contributed by atoms with Gasteiger partial charge in [0.25, 0.3) is 0 Å². The molecule has 0 saturated carbocycles. The summed E-state index contributed by atoms with van der Waals surface area (Å²) in [5.41, 5.74) is 2.64. The number of carbonyl (C=O) groups excluding carboxylic acids is 1. The fraction of sp³-hybridized carbons (Fsp3) is 0.188. The number of hydrogen-bond donors (Lipinski definition) is 1. The van der Waals surface area contributed by atoms with Crippen molar-refractivity contribution >= 4 is 28.4 Å². The second-order valence-corrected chi connectivity index (χ2v) is 5.85. The Labute approximate surface area is 127 Å². The lowest BCUT2D eigenvalue weighted by atomic mass is 10.1. The van der Waals surface area contributed by atoms with E-state index < -0.39 is 0 Å². The maximum Gasteiger partial charge on any atom is 0.175 e. The molecule has 0 atom stereocenters. The zero-order valence-electron chi connectivity index (χ0n) is 11.9. The molecule has 2 aromatic heterocycles. The second-order valence-electron chi connectivity index (χ2n) is 4.85. The Morgan fingerprint density at radius 2 is 2.05 bits per heavy atom. The Morgan fingerprint density at radius 1 is 1.24 bits per heavy atom. The van der Waals surface area contributed by atoms with E-state index in [1.165, 1.54) is 11.8 Å². The fourth-order valence-corrected chi connectivity index (χ4v) is 3.16. The molecule has 0 aliphatic carbocycles. The van der Waals surface area contributed by atoms with Crippen molar-refractivity contribution in [3.8, 4) is 0 Å². The first-order chi connectivity index (χ1) is 10.1. The average Bonchev–Trinajstić information content (AvgIpc) is 2.88. The van der Waals surface area contributed by atoms with Gasteiger partial charge in [-0.15, -0.1) is 0 Å². The number of Topliss-reactive ketones (excluding diaryl/α,β-unsaturated/α-hetero) is 1. The van der Waals surface area contributed by atoms with Gasteiger partial charge in [0.15, 0.2) is 5.78 Å². The standard InChI is InChI=1S/C16H15N3OS/c1-10-7-16(19-11(2)18-10)21-9-15(20)13-8-17-14-6-4-3-5-12(13)14/h3-8,17H,9H2,1-2H3. The molecule has 21 heavy (non-hydrogen) atoms. The van der Waals surface area contributed by atoms with Crippen LogP contribution in [0.25, 0.3) is 10.9 Å². The van der Waals surface area contributed by atoms with Crippen molar-refractivity contribution in [3.63, 3.8) is 0 Å². The van der Waals surface area contributed by atoms with Gasteiger partial charge in [-0.25, -0.2) is 9.97 Å². The number of aryl methyl sites for hydroxylation is 2. The van der Waals surface area contributed by atoms with Crippen LogP contribution >= 0.6 is 11.8 Å². The zero-order valence-corrected chi connectivity index (χ0v) is 12.7. The monoisotopic (exact) mass is 297 g/mol. The van der Waals surface area contributed by atoms with E-state index in [-0.39, 0.29) is 5.78 Å². The number of ketones is 1. The molecule has 1 N–H and O–H groups in total. The van der Waals surface area contributed by atoms with E-state index in [9.17, 15) is 4.79 Å². The van der Waals surface area contributed by atoms with E-state index in [2.05, 4.69) is 15.0 Å². The predicted molar refractivity (Wildman–Crippen MR) is 84.9 cm³/mol. The van der Waals surface area contributed by atoms with Gasteiger partial charge in [-0.2, -0.15) is 0 Å². The first-order valence-corrected chi connectivity index (χ1v) is 7.66. The lowest BCUT2D eigenvalue weighted by Crippen LogP contribution is -2.02. The first-order valence-electron chi connectivity index (χ1n) is 6.68. The summed E-state index contributed by atoms with van der Waals surface area (Å²) in [7, 11) is 0. The molecule has 0 unspecified atom stereocenters. The number of aromatic nitrogens is 3. The molecule has 106 valence electrons. The molecular weight excluding hydrogens is 282 g/mol. The highest BCUT2D eigenvalue weighted by Crippen LogP contribution is 2.22. The topological polar surface area (TPSA) is 58.6 Å². The van der Waals surface area contributed by atoms with E-state index in [0.717, 1.165) is 33.0 Å². The molecular formula is C16H15N3OS. The van der Waals surface area contributed by atoms with Gasteiger partial charge in [0, 0.05) is 28.4 Å². The van der Waals surface area contributed by atoms with Gasteiger partial charge in [-0.3, -0.25) is 4.79 Å². The van der Waals surface area contributed by atoms with E-state index in [1.807, 2.05) is 44.2 Å². The van der Waals surface area contributed by atoms with Crippen LogP contribution in [0.5, 0.6) is 0 Å². The Morgan fingerprint density at radius 3 is 2.86 bits per heavy atom. The highest BCUT2D eigenvalue weighted by molar-refractivity contribution is 7.99. The normalized spacial score (nSPS) is 11.0. The molecule has 2 heterocycles. The molecule has 3 aromatic rings. The Bertz CT molecular complexity index is 790. The SMILES string of the molecule is Cc1cc(SCC(=O)c2c[nH]c3ccccc23)nc(C)n1. The van der Waals surface area contributed by atoms with Crippen LogP contribution in [0, 0.1) is 13.8 Å². The number of fused-ring (bicyclic) bond motifs is 1. The largest absolute Gasteiger partial charge is 0.360 e. The van der Waals surface area contributed by atoms with E-state index in [0.29, 0.717) is 5.75 Å². The molecule has 0 fully saturated rings. The van der Waals surface area contributed by atoms with Crippen molar-refractivity contribution in [2.24, 2.45) is 0 Å². The van der Waals surface area contributed by atoms with Crippen LogP contribution in [0.15, 0.2) is 41.6 Å². The molecule has 4 nitrogen and oxygen atoms in total. The van der Waals surface area contributed by atoms with Gasteiger partial charge in [-0.05, 0) is 26.0 Å². The number of benzene rings is 1. The van der Waals surface area contributed by atoms with Gasteiger partial charge < -0.3 is 4.98 Å². The highest BCUT2D eigenvalue weighted by Gasteiger charge is 2.12. The summed E-state index contributed by atoms with van der Waals surface area (Å²) < 4.78 is 0. The van der Waals surface area contributed by atoms with Crippen molar-refractivity contribution in [3.05, 3.63) is 53.6 Å². The third kappa shape index (κ3) is 2.97. The number of thioether (sulfide) groups is 1. The molecule has 5 heteroatoms. The molecule has 0 aliphatic heterocycles. The van der Waals surface area contributed by atoms with E-state index in [1.54, 1.807) is 6.20 Å². The third-order valence-corrected chi connectivity index (χ3v) is 4.09. The molecule has 0 saturated heterocycles. The second kappa shape index (κ2) is 5.69. The Kier molecular flexibility index (Phi) is 3.75. The lowest BCUT2D eigenvalue weighted by molar-refractivity contribution is 0.102. The summed E-state index contributed by atoms with van der Waals surface area (Å²) in [5.74, 6) is 1.21. The molecule has 0 aliphatic rings. The third-order valence-electron chi connectivity index (χ3n) is 3.18. The summed E-state index contributed by atoms with van der Waals surface area (Å²) in [6, 6.07) is 9.73. The minimum absolute atomic E-state index is 0.103. The van der Waals surface area contributed by atoms with Gasteiger partial charge in [0.05, 0.1) is 5.75 Å². The zero-order chi connectivity index (χ0) is 14.8. The van der Waals surface area contributed by atoms with Crippen molar-refractivity contribution in [2.75, 3.05) is 5.75 Å². The fourth-order valence-electron chi connectivity index (χ4n) is 2.28. The van der Waals surface area contributed by atoms with Crippen molar-refractivity contribution in [2.45, 2.75) is 18.9 Å². The van der Waals surface area contributed by atoms with Gasteiger partial charge in [-0.1, -0.05) is 30.0 Å². The maximum atomic E-state index is 12.4. The molecule has 1 aromatic carbocycles. The first kappa shape index (κ1) is 13.8. The summed E-state index contributed by atoms with van der Waals surface area (Å²) in [6.45, 7) is 3.79. The molecule has 0 radical (unpaired) electrons. The minimum Gasteiger partial charge on any atom is -0.360 e. The summed E-state index contributed by atoms with van der Waals surface area (Å²) in [5, 5.41) is 1.81. The predicted octanol–water partition coefficient (Wildman–Crippen LogP) is 3.55.